The van der Waals surface area contributed by atoms with E-state index >= 15 is 4.39 Å². The Bertz CT molecular complexity index is 2040. The smallest absolute Gasteiger partial charge is 0.319 e. The van der Waals surface area contributed by atoms with E-state index in [0.717, 1.165) is 70.8 Å². The number of rotatable bonds is 6. The standard InChI is InChI=1S/C41H43F2N5O3/c1-3-26-9-12-28(13-10-26)48-18-6-16-41(15-5-8-34(41)48)25-51-40-45-38-32(39(46-40)47-17-7-20-50-21-19-47)24-44-37(36(38)43)31-23-29(49)22-27-11-14-33(42)30(4-2)35(27)31/h1-2,11,14,22-24,26,28,34,49H,5-10,12-13,15-21,25H2/t26?,28?,34-,41-/m1/s1. The lowest BCUT2D eigenvalue weighted by Crippen LogP contribution is -2.56. The number of piperidine rings is 1. The molecule has 0 spiro atoms. The van der Waals surface area contributed by atoms with Gasteiger partial charge >= 0.3 is 6.01 Å². The van der Waals surface area contributed by atoms with Gasteiger partial charge in [0, 0.05) is 60.3 Å². The number of phenolic OH excluding ortho intramolecular Hbond substituents is 1. The second-order valence-corrected chi connectivity index (χ2v) is 14.7. The molecule has 2 saturated carbocycles. The van der Waals surface area contributed by atoms with Crippen molar-refractivity contribution < 1.29 is 23.4 Å². The summed E-state index contributed by atoms with van der Waals surface area (Å²) in [6.07, 6.45) is 23.8. The molecule has 2 aromatic carbocycles. The van der Waals surface area contributed by atoms with Crippen molar-refractivity contribution in [1.82, 2.24) is 19.9 Å². The number of anilines is 1. The summed E-state index contributed by atoms with van der Waals surface area (Å²) in [5.74, 6) is 4.83. The van der Waals surface area contributed by atoms with Crippen molar-refractivity contribution in [1.29, 1.82) is 0 Å². The highest BCUT2D eigenvalue weighted by molar-refractivity contribution is 6.03. The van der Waals surface area contributed by atoms with Crippen molar-refractivity contribution in [2.75, 3.05) is 44.4 Å². The summed E-state index contributed by atoms with van der Waals surface area (Å²) in [5.41, 5.74) is 0.0492. The fraction of sp³-hybridized carbons (Fsp3) is 0.488. The van der Waals surface area contributed by atoms with Gasteiger partial charge in [-0.15, -0.1) is 18.8 Å². The maximum atomic E-state index is 17.0. The normalized spacial score (nSPS) is 25.6. The number of hydrogen-bond donors (Lipinski definition) is 1. The third kappa shape index (κ3) is 6.13. The molecule has 2 atom stereocenters. The molecule has 1 N–H and O–H groups in total. The number of nitrogens with zero attached hydrogens (tertiary/aromatic N) is 5. The minimum atomic E-state index is -0.727. The minimum absolute atomic E-state index is 0.0308. The van der Waals surface area contributed by atoms with E-state index in [1.807, 2.05) is 0 Å². The predicted molar refractivity (Wildman–Crippen MR) is 194 cm³/mol. The Morgan fingerprint density at radius 2 is 1.82 bits per heavy atom. The summed E-state index contributed by atoms with van der Waals surface area (Å²) in [7, 11) is 0. The fourth-order valence-electron chi connectivity index (χ4n) is 9.38. The SMILES string of the molecule is C#Cc1c(F)ccc2cc(O)cc(-c3ncc4c(N5CCCOCC5)nc(OC[C@]56CCC[C@H]5N(C5CCC(C#C)CC5)CCC6)nc4c3F)c12. The van der Waals surface area contributed by atoms with Gasteiger partial charge in [0.2, 0.25) is 0 Å². The van der Waals surface area contributed by atoms with E-state index in [1.54, 1.807) is 6.20 Å². The van der Waals surface area contributed by atoms with E-state index < -0.39 is 11.6 Å². The minimum Gasteiger partial charge on any atom is -0.508 e. The maximum Gasteiger partial charge on any atom is 0.319 e. The summed E-state index contributed by atoms with van der Waals surface area (Å²) >= 11 is 0. The van der Waals surface area contributed by atoms with Gasteiger partial charge in [-0.2, -0.15) is 9.97 Å². The van der Waals surface area contributed by atoms with Gasteiger partial charge in [0.1, 0.15) is 28.6 Å². The fourth-order valence-corrected chi connectivity index (χ4v) is 9.38. The Hall–Kier alpha value is -4.51. The Balaban J connectivity index is 1.18. The lowest BCUT2D eigenvalue weighted by atomic mass is 9.73. The van der Waals surface area contributed by atoms with Crippen LogP contribution in [0.2, 0.25) is 0 Å². The zero-order chi connectivity index (χ0) is 35.1. The van der Waals surface area contributed by atoms with Gasteiger partial charge in [-0.25, -0.2) is 8.78 Å². The first-order chi connectivity index (χ1) is 24.9. The second kappa shape index (κ2) is 13.9. The van der Waals surface area contributed by atoms with Crippen molar-refractivity contribution in [2.24, 2.45) is 11.3 Å². The monoisotopic (exact) mass is 691 g/mol. The molecule has 0 unspecified atom stereocenters. The van der Waals surface area contributed by atoms with E-state index in [1.165, 1.54) is 24.3 Å². The lowest BCUT2D eigenvalue weighted by molar-refractivity contribution is -0.0317. The van der Waals surface area contributed by atoms with Crippen LogP contribution in [-0.2, 0) is 4.74 Å². The molecule has 2 aliphatic heterocycles. The molecular formula is C41H43F2N5O3. The van der Waals surface area contributed by atoms with Crippen LogP contribution in [0.1, 0.15) is 69.8 Å². The van der Waals surface area contributed by atoms with Gasteiger partial charge in [0.25, 0.3) is 0 Å². The van der Waals surface area contributed by atoms with Gasteiger partial charge in [0.15, 0.2) is 5.82 Å². The molecule has 4 heterocycles. The molecule has 4 aromatic rings. The van der Waals surface area contributed by atoms with E-state index in [-0.39, 0.29) is 44.9 Å². The first-order valence-electron chi connectivity index (χ1n) is 18.3. The molecule has 0 radical (unpaired) electrons. The molecule has 8 rings (SSSR count). The molecule has 10 heteroatoms. The third-order valence-electron chi connectivity index (χ3n) is 11.9. The first kappa shape index (κ1) is 33.6. The number of aromatic hydroxyl groups is 1. The predicted octanol–water partition coefficient (Wildman–Crippen LogP) is 7.24. The Labute approximate surface area is 297 Å². The lowest BCUT2D eigenvalue weighted by Gasteiger charge is -2.50. The van der Waals surface area contributed by atoms with Gasteiger partial charge in [-0.05, 0) is 87.9 Å². The summed E-state index contributed by atoms with van der Waals surface area (Å²) in [4.78, 5) is 19.0. The molecule has 4 aliphatic rings. The van der Waals surface area contributed by atoms with Gasteiger partial charge in [-0.3, -0.25) is 9.88 Å². The number of pyridine rings is 1. The zero-order valence-corrected chi connectivity index (χ0v) is 28.8. The molecule has 8 nitrogen and oxygen atoms in total. The highest BCUT2D eigenvalue weighted by Gasteiger charge is 2.50. The quantitative estimate of drug-likeness (QED) is 0.212. The van der Waals surface area contributed by atoms with Crippen LogP contribution in [0.25, 0.3) is 32.9 Å². The van der Waals surface area contributed by atoms with E-state index in [4.69, 9.17) is 32.3 Å². The number of likely N-dealkylation sites (tertiary alicyclic amines) is 1. The highest BCUT2D eigenvalue weighted by atomic mass is 19.1. The van der Waals surface area contributed by atoms with Crippen molar-refractivity contribution in [2.45, 2.75) is 76.3 Å². The number of phenols is 1. The Morgan fingerprint density at radius 3 is 2.65 bits per heavy atom. The molecule has 0 bridgehead atoms. The number of fused-ring (bicyclic) bond motifs is 3. The maximum absolute atomic E-state index is 17.0. The van der Waals surface area contributed by atoms with Crippen molar-refractivity contribution in [3.63, 3.8) is 0 Å². The molecule has 264 valence electrons. The van der Waals surface area contributed by atoms with Crippen LogP contribution in [0, 0.1) is 47.7 Å². The largest absolute Gasteiger partial charge is 0.508 e. The number of halogens is 2. The zero-order valence-electron chi connectivity index (χ0n) is 28.8. The highest BCUT2D eigenvalue weighted by Crippen LogP contribution is 2.50. The van der Waals surface area contributed by atoms with Crippen molar-refractivity contribution in [3.8, 4) is 47.7 Å². The number of benzene rings is 2. The number of aromatic nitrogens is 3. The topological polar surface area (TPSA) is 83.8 Å². The van der Waals surface area contributed by atoms with Crippen LogP contribution in [-0.4, -0.2) is 76.5 Å². The average molecular weight is 692 g/mol. The molecule has 2 saturated heterocycles. The van der Waals surface area contributed by atoms with Crippen LogP contribution in [0.15, 0.2) is 30.5 Å². The Morgan fingerprint density at radius 1 is 0.980 bits per heavy atom. The van der Waals surface area contributed by atoms with Crippen molar-refractivity contribution in [3.05, 3.63) is 47.7 Å². The van der Waals surface area contributed by atoms with Crippen LogP contribution in [0.4, 0.5) is 14.6 Å². The van der Waals surface area contributed by atoms with Gasteiger partial charge in [0.05, 0.1) is 24.2 Å². The molecule has 4 fully saturated rings. The second-order valence-electron chi connectivity index (χ2n) is 14.7. The van der Waals surface area contributed by atoms with Crippen LogP contribution < -0.4 is 9.64 Å². The molecule has 2 aliphatic carbocycles. The summed E-state index contributed by atoms with van der Waals surface area (Å²) < 4.78 is 44.2. The number of terminal acetylenes is 2. The average Bonchev–Trinajstić information content (AvgIpc) is 3.40. The molecular weight excluding hydrogens is 648 g/mol. The van der Waals surface area contributed by atoms with Crippen molar-refractivity contribution >= 4 is 27.5 Å². The number of ether oxygens (including phenoxy) is 2. The first-order valence-corrected chi connectivity index (χ1v) is 18.3. The van der Waals surface area contributed by atoms with E-state index in [0.29, 0.717) is 67.5 Å². The van der Waals surface area contributed by atoms with E-state index in [2.05, 4.69) is 26.6 Å². The Kier molecular flexibility index (Phi) is 9.16. The third-order valence-corrected chi connectivity index (χ3v) is 11.9. The summed E-state index contributed by atoms with van der Waals surface area (Å²) in [6, 6.07) is 6.65. The summed E-state index contributed by atoms with van der Waals surface area (Å²) in [6.45, 7) is 3.92. The number of hydrogen-bond acceptors (Lipinski definition) is 8. The molecule has 0 amide bonds. The van der Waals surface area contributed by atoms with Crippen LogP contribution in [0.3, 0.4) is 0 Å². The van der Waals surface area contributed by atoms with Gasteiger partial charge < -0.3 is 19.5 Å². The molecule has 2 aromatic heterocycles. The van der Waals surface area contributed by atoms with Gasteiger partial charge in [-0.1, -0.05) is 18.4 Å². The van der Waals surface area contributed by atoms with Crippen LogP contribution in [0.5, 0.6) is 11.8 Å². The molecule has 51 heavy (non-hydrogen) atoms. The van der Waals surface area contributed by atoms with E-state index in [9.17, 15) is 9.50 Å². The van der Waals surface area contributed by atoms with Crippen LogP contribution >= 0.6 is 0 Å². The summed E-state index contributed by atoms with van der Waals surface area (Å²) in [5, 5.41) is 11.8.